The molecule has 0 aromatic heterocycles. The van der Waals surface area contributed by atoms with Gasteiger partial charge in [0.15, 0.2) is 5.78 Å². The van der Waals surface area contributed by atoms with Crippen molar-refractivity contribution in [3.8, 4) is 6.07 Å². The smallest absolute Gasteiger partial charge is 0.198 e. The van der Waals surface area contributed by atoms with Gasteiger partial charge in [0.1, 0.15) is 6.07 Å². The molecule has 0 aliphatic carbocycles. The van der Waals surface area contributed by atoms with Crippen LogP contribution in [0.15, 0.2) is 65.9 Å². The molecule has 142 valence electrons. The Kier molecular flexibility index (Phi) is 5.11. The van der Waals surface area contributed by atoms with Crippen LogP contribution < -0.4 is 9.80 Å². The zero-order valence-corrected chi connectivity index (χ0v) is 17.0. The van der Waals surface area contributed by atoms with Gasteiger partial charge in [0, 0.05) is 49.7 Å². The van der Waals surface area contributed by atoms with Gasteiger partial charge in [-0.3, -0.25) is 4.79 Å². The van der Waals surface area contributed by atoms with E-state index in [0.717, 1.165) is 22.6 Å². The van der Waals surface area contributed by atoms with Crippen LogP contribution >= 0.6 is 0 Å². The number of hydrogen-bond acceptors (Lipinski definition) is 4. The number of allylic oxidation sites excluding steroid dienone is 3. The van der Waals surface area contributed by atoms with Crippen molar-refractivity contribution in [1.29, 1.82) is 5.26 Å². The van der Waals surface area contributed by atoms with Gasteiger partial charge in [-0.2, -0.15) is 5.26 Å². The van der Waals surface area contributed by atoms with Gasteiger partial charge in [0.2, 0.25) is 0 Å². The first-order valence-corrected chi connectivity index (χ1v) is 9.24. The molecule has 2 aromatic carbocycles. The summed E-state index contributed by atoms with van der Waals surface area (Å²) in [7, 11) is 5.90. The number of fused-ring (bicyclic) bond motifs is 1. The van der Waals surface area contributed by atoms with Crippen molar-refractivity contribution in [1.82, 2.24) is 0 Å². The molecule has 0 radical (unpaired) electrons. The quantitative estimate of drug-likeness (QED) is 0.585. The maximum atomic E-state index is 12.9. The fraction of sp³-hybridized carbons (Fsp3) is 0.250. The Labute approximate surface area is 167 Å². The summed E-state index contributed by atoms with van der Waals surface area (Å²) in [6.45, 7) is 4.20. The van der Waals surface area contributed by atoms with Gasteiger partial charge in [0.25, 0.3) is 0 Å². The van der Waals surface area contributed by atoms with Crippen molar-refractivity contribution < 1.29 is 4.79 Å². The molecule has 3 rings (SSSR count). The monoisotopic (exact) mass is 371 g/mol. The second-order valence-corrected chi connectivity index (χ2v) is 7.75. The van der Waals surface area contributed by atoms with Crippen LogP contribution in [-0.2, 0) is 10.2 Å². The molecule has 4 nitrogen and oxygen atoms in total. The van der Waals surface area contributed by atoms with Crippen molar-refractivity contribution in [2.45, 2.75) is 19.3 Å². The van der Waals surface area contributed by atoms with Gasteiger partial charge < -0.3 is 9.80 Å². The third-order valence-corrected chi connectivity index (χ3v) is 5.31. The van der Waals surface area contributed by atoms with Gasteiger partial charge >= 0.3 is 0 Å². The van der Waals surface area contributed by atoms with E-state index in [9.17, 15) is 10.1 Å². The van der Waals surface area contributed by atoms with E-state index in [2.05, 4.69) is 32.0 Å². The molecule has 28 heavy (non-hydrogen) atoms. The molecule has 0 saturated carbocycles. The highest BCUT2D eigenvalue weighted by molar-refractivity contribution is 6.11. The molecule has 0 atom stereocenters. The van der Waals surface area contributed by atoms with Crippen molar-refractivity contribution in [3.63, 3.8) is 0 Å². The summed E-state index contributed by atoms with van der Waals surface area (Å²) in [4.78, 5) is 16.9. The SMILES string of the molecule is CN(C)c1ccc(/C=C(\C#N)C(=O)/C=C2\N(C)c3ccccc3C2(C)C)cc1. The molecular formula is C24H25N3O. The van der Waals surface area contributed by atoms with Crippen LogP contribution in [-0.4, -0.2) is 26.9 Å². The molecule has 0 saturated heterocycles. The van der Waals surface area contributed by atoms with Crippen LogP contribution in [0.3, 0.4) is 0 Å². The number of rotatable bonds is 4. The molecule has 2 aromatic rings. The molecule has 0 bridgehead atoms. The first-order chi connectivity index (χ1) is 13.3. The molecule has 0 spiro atoms. The lowest BCUT2D eigenvalue weighted by Gasteiger charge is -2.23. The lowest BCUT2D eigenvalue weighted by atomic mass is 9.83. The van der Waals surface area contributed by atoms with Gasteiger partial charge in [-0.05, 0) is 35.4 Å². The summed E-state index contributed by atoms with van der Waals surface area (Å²) < 4.78 is 0. The maximum Gasteiger partial charge on any atom is 0.198 e. The molecule has 0 unspecified atom stereocenters. The number of nitriles is 1. The summed E-state index contributed by atoms with van der Waals surface area (Å²) in [6, 6.07) is 18.0. The fourth-order valence-electron chi connectivity index (χ4n) is 3.65. The number of carbonyl (C=O) groups excluding carboxylic acids is 1. The molecule has 1 aliphatic heterocycles. The third kappa shape index (κ3) is 3.44. The maximum absolute atomic E-state index is 12.9. The van der Waals surface area contributed by atoms with Crippen LogP contribution in [0, 0.1) is 11.3 Å². The Hall–Kier alpha value is -3.32. The van der Waals surface area contributed by atoms with Crippen LogP contribution in [0.25, 0.3) is 6.08 Å². The molecule has 0 N–H and O–H groups in total. The highest BCUT2D eigenvalue weighted by Crippen LogP contribution is 2.46. The minimum Gasteiger partial charge on any atom is -0.378 e. The van der Waals surface area contributed by atoms with E-state index in [4.69, 9.17) is 0 Å². The van der Waals surface area contributed by atoms with Crippen LogP contribution in [0.2, 0.25) is 0 Å². The van der Waals surface area contributed by atoms with E-state index >= 15 is 0 Å². The predicted octanol–water partition coefficient (Wildman–Crippen LogP) is 4.54. The number of ketones is 1. The Morgan fingerprint density at radius 1 is 1.11 bits per heavy atom. The fourth-order valence-corrected chi connectivity index (χ4v) is 3.65. The van der Waals surface area contributed by atoms with E-state index in [1.54, 1.807) is 12.2 Å². The van der Waals surface area contributed by atoms with E-state index in [1.807, 2.05) is 67.3 Å². The summed E-state index contributed by atoms with van der Waals surface area (Å²) >= 11 is 0. The number of hydrogen-bond donors (Lipinski definition) is 0. The number of anilines is 2. The summed E-state index contributed by atoms with van der Waals surface area (Å²) in [6.07, 6.45) is 3.25. The second kappa shape index (κ2) is 7.36. The van der Waals surface area contributed by atoms with Crippen molar-refractivity contribution in [2.75, 3.05) is 30.9 Å². The number of carbonyl (C=O) groups is 1. The normalized spacial score (nSPS) is 16.6. The third-order valence-electron chi connectivity index (χ3n) is 5.31. The van der Waals surface area contributed by atoms with Crippen molar-refractivity contribution >= 4 is 23.2 Å². The zero-order valence-electron chi connectivity index (χ0n) is 17.0. The topological polar surface area (TPSA) is 47.3 Å². The number of para-hydroxylation sites is 1. The minimum absolute atomic E-state index is 0.130. The van der Waals surface area contributed by atoms with Gasteiger partial charge in [-0.1, -0.05) is 44.2 Å². The Morgan fingerprint density at radius 2 is 1.75 bits per heavy atom. The summed E-state index contributed by atoms with van der Waals surface area (Å²) in [5.74, 6) is -0.276. The highest BCUT2D eigenvalue weighted by atomic mass is 16.1. The van der Waals surface area contributed by atoms with Crippen LogP contribution in [0.5, 0.6) is 0 Å². The van der Waals surface area contributed by atoms with E-state index in [1.165, 1.54) is 5.56 Å². The second-order valence-electron chi connectivity index (χ2n) is 7.75. The van der Waals surface area contributed by atoms with Crippen molar-refractivity contribution in [2.24, 2.45) is 0 Å². The largest absolute Gasteiger partial charge is 0.378 e. The van der Waals surface area contributed by atoms with Crippen molar-refractivity contribution in [3.05, 3.63) is 77.0 Å². The lowest BCUT2D eigenvalue weighted by Crippen LogP contribution is -2.24. The first kappa shape index (κ1) is 19.4. The van der Waals surface area contributed by atoms with E-state index in [-0.39, 0.29) is 16.8 Å². The average Bonchev–Trinajstić information content (AvgIpc) is 2.87. The molecule has 1 heterocycles. The van der Waals surface area contributed by atoms with Gasteiger partial charge in [-0.15, -0.1) is 0 Å². The zero-order chi connectivity index (χ0) is 20.5. The molecule has 4 heteroatoms. The van der Waals surface area contributed by atoms with Gasteiger partial charge in [-0.25, -0.2) is 0 Å². The first-order valence-electron chi connectivity index (χ1n) is 9.24. The summed E-state index contributed by atoms with van der Waals surface area (Å²) in [5, 5.41) is 9.55. The van der Waals surface area contributed by atoms with E-state index in [0.29, 0.717) is 0 Å². The minimum atomic E-state index is -0.297. The Morgan fingerprint density at radius 3 is 2.32 bits per heavy atom. The molecule has 0 amide bonds. The molecule has 0 fully saturated rings. The Bertz CT molecular complexity index is 1000. The number of benzene rings is 2. The molecular weight excluding hydrogens is 346 g/mol. The predicted molar refractivity (Wildman–Crippen MR) is 115 cm³/mol. The molecule has 1 aliphatic rings. The van der Waals surface area contributed by atoms with Gasteiger partial charge in [0.05, 0.1) is 5.57 Å². The van der Waals surface area contributed by atoms with Crippen LogP contribution in [0.4, 0.5) is 11.4 Å². The number of likely N-dealkylation sites (N-methyl/N-ethyl adjacent to an activating group) is 1. The summed E-state index contributed by atoms with van der Waals surface area (Å²) in [5.41, 5.74) is 4.89. The lowest BCUT2D eigenvalue weighted by molar-refractivity contribution is -0.111. The number of nitrogens with zero attached hydrogens (tertiary/aromatic N) is 3. The standard InChI is InChI=1S/C24H25N3O/c1-24(2)20-8-6-7-9-21(20)27(5)23(24)15-22(28)18(16-25)14-17-10-12-19(13-11-17)26(3)4/h6-15H,1-5H3/b18-14+,23-15-. The van der Waals surface area contributed by atoms with Crippen LogP contribution in [0.1, 0.15) is 25.0 Å². The Balaban J connectivity index is 1.93. The van der Waals surface area contributed by atoms with E-state index < -0.39 is 0 Å². The average molecular weight is 371 g/mol. The highest BCUT2D eigenvalue weighted by Gasteiger charge is 2.38.